The van der Waals surface area contributed by atoms with Gasteiger partial charge in [-0.05, 0) is 0 Å². The molecule has 1 aromatic rings. The molecule has 20 heavy (non-hydrogen) atoms. The third kappa shape index (κ3) is 2.18. The van der Waals surface area contributed by atoms with Crippen molar-refractivity contribution in [1.82, 2.24) is 25.5 Å². The van der Waals surface area contributed by atoms with Crippen molar-refractivity contribution < 1.29 is 9.59 Å². The number of nitrogens with one attached hydrogen (secondary N) is 3. The monoisotopic (exact) mass is 275 g/mol. The van der Waals surface area contributed by atoms with Crippen molar-refractivity contribution >= 4 is 11.6 Å². The van der Waals surface area contributed by atoms with E-state index in [1.165, 1.54) is 0 Å². The minimum atomic E-state index is -0.228. The van der Waals surface area contributed by atoms with Crippen molar-refractivity contribution in [2.24, 2.45) is 0 Å². The van der Waals surface area contributed by atoms with Crippen LogP contribution in [-0.2, 0) is 16.1 Å². The molecule has 0 amide bonds. The summed E-state index contributed by atoms with van der Waals surface area (Å²) in [5.74, 6) is -0.427. The average molecular weight is 275 g/mol. The first kappa shape index (κ1) is 13.9. The standard InChI is InChI=1S/C13H17N5O2/c1-14-9-8(6-18-5-4-17-7-18)12(19)10(15-2)11(16-3)13(9)20/h4-5,7,14-16H,6H2,1-3H3. The van der Waals surface area contributed by atoms with Crippen molar-refractivity contribution in [1.29, 1.82) is 0 Å². The molecule has 0 saturated heterocycles. The van der Waals surface area contributed by atoms with E-state index in [0.717, 1.165) is 0 Å². The highest BCUT2D eigenvalue weighted by atomic mass is 16.1. The number of allylic oxidation sites excluding steroid dienone is 1. The zero-order valence-electron chi connectivity index (χ0n) is 11.7. The number of rotatable bonds is 5. The molecule has 0 spiro atoms. The van der Waals surface area contributed by atoms with Crippen LogP contribution in [0.3, 0.4) is 0 Å². The van der Waals surface area contributed by atoms with Gasteiger partial charge in [0.15, 0.2) is 0 Å². The fourth-order valence-electron chi connectivity index (χ4n) is 2.21. The van der Waals surface area contributed by atoms with Crippen LogP contribution in [0.1, 0.15) is 0 Å². The molecule has 1 aliphatic rings. The van der Waals surface area contributed by atoms with E-state index >= 15 is 0 Å². The second-order valence-electron chi connectivity index (χ2n) is 4.25. The van der Waals surface area contributed by atoms with Crippen LogP contribution in [0.2, 0.25) is 0 Å². The number of ketones is 2. The van der Waals surface area contributed by atoms with Crippen LogP contribution in [-0.4, -0.2) is 42.3 Å². The molecule has 7 heteroatoms. The van der Waals surface area contributed by atoms with E-state index in [1.54, 1.807) is 44.4 Å². The number of hydrogen-bond acceptors (Lipinski definition) is 6. The minimum Gasteiger partial charge on any atom is -0.385 e. The lowest BCUT2D eigenvalue weighted by atomic mass is 9.94. The summed E-state index contributed by atoms with van der Waals surface area (Å²) in [6.07, 6.45) is 4.98. The molecule has 0 atom stereocenters. The molecule has 7 nitrogen and oxygen atoms in total. The fourth-order valence-corrected chi connectivity index (χ4v) is 2.21. The Hall–Kier alpha value is -2.57. The molecule has 1 aromatic heterocycles. The van der Waals surface area contributed by atoms with Crippen molar-refractivity contribution in [2.45, 2.75) is 6.54 Å². The van der Waals surface area contributed by atoms with E-state index in [1.807, 2.05) is 0 Å². The highest BCUT2D eigenvalue weighted by Crippen LogP contribution is 2.21. The lowest BCUT2D eigenvalue weighted by Gasteiger charge is -2.23. The summed E-state index contributed by atoms with van der Waals surface area (Å²) in [7, 11) is 4.87. The summed E-state index contributed by atoms with van der Waals surface area (Å²) in [6.45, 7) is 0.295. The van der Waals surface area contributed by atoms with E-state index in [0.29, 0.717) is 17.8 Å². The molecule has 106 valence electrons. The van der Waals surface area contributed by atoms with Crippen LogP contribution < -0.4 is 16.0 Å². The van der Waals surface area contributed by atoms with Crippen molar-refractivity contribution in [3.8, 4) is 0 Å². The van der Waals surface area contributed by atoms with Crippen molar-refractivity contribution in [3.63, 3.8) is 0 Å². The summed E-state index contributed by atoms with van der Waals surface area (Å²) in [4.78, 5) is 28.8. The van der Waals surface area contributed by atoms with Gasteiger partial charge in [-0.3, -0.25) is 9.59 Å². The lowest BCUT2D eigenvalue weighted by molar-refractivity contribution is -0.117. The molecular weight excluding hydrogens is 258 g/mol. The van der Waals surface area contributed by atoms with Crippen molar-refractivity contribution in [3.05, 3.63) is 41.4 Å². The molecule has 3 N–H and O–H groups in total. The van der Waals surface area contributed by atoms with Gasteiger partial charge in [0.05, 0.1) is 18.6 Å². The zero-order chi connectivity index (χ0) is 14.7. The number of aromatic nitrogens is 2. The first-order valence-corrected chi connectivity index (χ1v) is 6.19. The van der Waals surface area contributed by atoms with Crippen LogP contribution in [0.5, 0.6) is 0 Å². The molecule has 0 fully saturated rings. The maximum atomic E-state index is 12.5. The van der Waals surface area contributed by atoms with Gasteiger partial charge in [0.25, 0.3) is 0 Å². The Balaban J connectivity index is 2.47. The van der Waals surface area contributed by atoms with E-state index in [2.05, 4.69) is 20.9 Å². The van der Waals surface area contributed by atoms with Gasteiger partial charge in [-0.25, -0.2) is 4.98 Å². The molecule has 0 bridgehead atoms. The third-order valence-corrected chi connectivity index (χ3v) is 3.16. The average Bonchev–Trinajstić information content (AvgIpc) is 2.95. The van der Waals surface area contributed by atoms with Crippen LogP contribution in [0.15, 0.2) is 41.4 Å². The summed E-state index contributed by atoms with van der Waals surface area (Å²) >= 11 is 0. The highest BCUT2D eigenvalue weighted by molar-refractivity contribution is 6.24. The molecule has 1 heterocycles. The molecule has 0 unspecified atom stereocenters. The van der Waals surface area contributed by atoms with Gasteiger partial charge in [0, 0.05) is 39.1 Å². The zero-order valence-corrected chi connectivity index (χ0v) is 11.7. The second kappa shape index (κ2) is 5.60. The smallest absolute Gasteiger partial charge is 0.227 e. The fraction of sp³-hybridized carbons (Fsp3) is 0.308. The Morgan fingerprint density at radius 1 is 1.00 bits per heavy atom. The molecule has 0 aromatic carbocycles. The lowest BCUT2D eigenvalue weighted by Crippen LogP contribution is -2.38. The SMILES string of the molecule is CNC1=C(Cn2ccnc2)C(=O)C(NC)=C(NC)C1=O. The van der Waals surface area contributed by atoms with Gasteiger partial charge >= 0.3 is 0 Å². The Kier molecular flexibility index (Phi) is 3.88. The van der Waals surface area contributed by atoms with E-state index in [4.69, 9.17) is 0 Å². The Bertz CT molecular complexity index is 598. The number of hydrogen-bond donors (Lipinski definition) is 3. The number of carbonyl (C=O) groups is 2. The van der Waals surface area contributed by atoms with Gasteiger partial charge in [-0.1, -0.05) is 0 Å². The van der Waals surface area contributed by atoms with Crippen LogP contribution in [0, 0.1) is 0 Å². The van der Waals surface area contributed by atoms with Crippen LogP contribution in [0.25, 0.3) is 0 Å². The summed E-state index contributed by atoms with van der Waals surface area (Å²) in [6, 6.07) is 0. The first-order chi connectivity index (χ1) is 9.63. The van der Waals surface area contributed by atoms with E-state index in [-0.39, 0.29) is 23.0 Å². The molecule has 1 aliphatic carbocycles. The molecule has 0 aliphatic heterocycles. The van der Waals surface area contributed by atoms with E-state index < -0.39 is 0 Å². The Labute approximate surface area is 116 Å². The summed E-state index contributed by atoms with van der Waals surface area (Å²) < 4.78 is 1.75. The Morgan fingerprint density at radius 3 is 2.10 bits per heavy atom. The van der Waals surface area contributed by atoms with Crippen molar-refractivity contribution in [2.75, 3.05) is 21.1 Å². The predicted molar refractivity (Wildman–Crippen MR) is 73.5 cm³/mol. The van der Waals surface area contributed by atoms with Gasteiger partial charge in [-0.2, -0.15) is 0 Å². The maximum absolute atomic E-state index is 12.5. The van der Waals surface area contributed by atoms with Gasteiger partial charge in [0.1, 0.15) is 11.4 Å². The quantitative estimate of drug-likeness (QED) is 0.607. The number of nitrogens with zero attached hydrogens (tertiary/aromatic N) is 2. The van der Waals surface area contributed by atoms with Gasteiger partial charge in [0.2, 0.25) is 11.6 Å². The molecular formula is C13H17N5O2. The number of carbonyl (C=O) groups excluding carboxylic acids is 2. The second-order valence-corrected chi connectivity index (χ2v) is 4.25. The predicted octanol–water partition coefficient (Wildman–Crippen LogP) is -0.841. The number of likely N-dealkylation sites (N-methyl/N-ethyl adjacent to an activating group) is 3. The maximum Gasteiger partial charge on any atom is 0.227 e. The summed E-state index contributed by atoms with van der Waals surface area (Å²) in [5, 5.41) is 8.41. The number of imidazole rings is 1. The summed E-state index contributed by atoms with van der Waals surface area (Å²) in [5.41, 5.74) is 1.29. The first-order valence-electron chi connectivity index (χ1n) is 6.19. The largest absolute Gasteiger partial charge is 0.385 e. The van der Waals surface area contributed by atoms with Crippen LogP contribution in [0.4, 0.5) is 0 Å². The molecule has 2 rings (SSSR count). The van der Waals surface area contributed by atoms with Crippen LogP contribution >= 0.6 is 0 Å². The van der Waals surface area contributed by atoms with E-state index in [9.17, 15) is 9.59 Å². The Morgan fingerprint density at radius 2 is 1.60 bits per heavy atom. The highest BCUT2D eigenvalue weighted by Gasteiger charge is 2.33. The topological polar surface area (TPSA) is 88.1 Å². The number of Topliss-reactive ketones (excluding diaryl/α,β-unsaturated/α-hetero) is 2. The normalized spacial score (nSPS) is 15.8. The van der Waals surface area contributed by atoms with Gasteiger partial charge < -0.3 is 20.5 Å². The molecule has 0 saturated carbocycles. The minimum absolute atomic E-state index is 0.200. The molecule has 0 radical (unpaired) electrons. The third-order valence-electron chi connectivity index (χ3n) is 3.16. The van der Waals surface area contributed by atoms with Gasteiger partial charge in [-0.15, -0.1) is 0 Å².